The van der Waals surface area contributed by atoms with Gasteiger partial charge >= 0.3 is 11.9 Å². The summed E-state index contributed by atoms with van der Waals surface area (Å²) in [5.74, 6) is -1.94. The zero-order chi connectivity index (χ0) is 28.6. The molecule has 15 heteroatoms. The number of halogens is 6. The molecule has 0 aliphatic heterocycles. The molecule has 1 amide bonds. The van der Waals surface area contributed by atoms with Crippen molar-refractivity contribution in [1.29, 1.82) is 0 Å². The standard InChI is InChI=1S/C26H19F5N6O3.ClH/c1-36-24-18(14-2-7-21(19(28)8-14)40-12-22-32-13-33-35-22)9-15(26(29,30)31)10-20(24)37(25(36)39)11-23(38)34-17-5-3-16(27)4-6-17;/h2-10,13H,11-12H2,1H3,(H,34,38)(H,32,33,35);1H. The summed E-state index contributed by atoms with van der Waals surface area (Å²) < 4.78 is 77.2. The van der Waals surface area contributed by atoms with E-state index >= 15 is 0 Å². The van der Waals surface area contributed by atoms with Gasteiger partial charge in [-0.1, -0.05) is 6.07 Å². The first-order valence-electron chi connectivity index (χ1n) is 11.6. The van der Waals surface area contributed by atoms with E-state index in [9.17, 15) is 31.5 Å². The number of hydrogen-bond donors (Lipinski definition) is 2. The number of ether oxygens (including phenoxy) is 1. The minimum atomic E-state index is -4.81. The predicted octanol–water partition coefficient (Wildman–Crippen LogP) is 5.06. The molecule has 0 saturated carbocycles. The molecule has 0 aliphatic carbocycles. The van der Waals surface area contributed by atoms with Gasteiger partial charge in [-0.25, -0.2) is 18.6 Å². The second-order valence-electron chi connectivity index (χ2n) is 8.74. The lowest BCUT2D eigenvalue weighted by Gasteiger charge is -2.14. The Morgan fingerprint density at radius 1 is 1.07 bits per heavy atom. The van der Waals surface area contributed by atoms with Crippen LogP contribution in [0.3, 0.4) is 0 Å². The number of rotatable bonds is 7. The highest BCUT2D eigenvalue weighted by atomic mass is 35.5. The Balaban J connectivity index is 0.00000387. The summed E-state index contributed by atoms with van der Waals surface area (Å²) in [5.41, 5.74) is -1.79. The molecule has 0 fully saturated rings. The van der Waals surface area contributed by atoms with Crippen molar-refractivity contribution in [3.05, 3.63) is 94.4 Å². The monoisotopic (exact) mass is 594 g/mol. The SMILES string of the molecule is Cl.Cn1c(=O)n(CC(=O)Nc2ccc(F)cc2)c2cc(C(F)(F)F)cc(-c3ccc(OCc4ncn[nH]4)c(F)c3)c21. The van der Waals surface area contributed by atoms with Gasteiger partial charge in [-0.3, -0.25) is 19.0 Å². The molecular formula is C26H20ClF5N6O3. The summed E-state index contributed by atoms with van der Waals surface area (Å²) in [6.07, 6.45) is -3.56. The van der Waals surface area contributed by atoms with Crippen LogP contribution in [-0.2, 0) is 31.2 Å². The van der Waals surface area contributed by atoms with Crippen LogP contribution in [0.5, 0.6) is 5.75 Å². The number of aromatic nitrogens is 5. The average molecular weight is 595 g/mol. The summed E-state index contributed by atoms with van der Waals surface area (Å²) >= 11 is 0. The zero-order valence-corrected chi connectivity index (χ0v) is 21.8. The second-order valence-corrected chi connectivity index (χ2v) is 8.74. The van der Waals surface area contributed by atoms with Gasteiger partial charge in [0.25, 0.3) is 0 Å². The third-order valence-electron chi connectivity index (χ3n) is 6.06. The van der Waals surface area contributed by atoms with Crippen LogP contribution in [0.15, 0.2) is 65.7 Å². The number of fused-ring (bicyclic) bond motifs is 1. The molecule has 0 atom stereocenters. The summed E-state index contributed by atoms with van der Waals surface area (Å²) in [5, 5.41) is 8.69. The molecule has 5 aromatic rings. The number of nitrogens with zero attached hydrogens (tertiary/aromatic N) is 4. The summed E-state index contributed by atoms with van der Waals surface area (Å²) in [6, 6.07) is 10.0. The van der Waals surface area contributed by atoms with Gasteiger partial charge in [0.1, 0.15) is 25.3 Å². The number of benzene rings is 3. The van der Waals surface area contributed by atoms with E-state index in [4.69, 9.17) is 4.74 Å². The predicted molar refractivity (Wildman–Crippen MR) is 141 cm³/mol. The summed E-state index contributed by atoms with van der Waals surface area (Å²) in [7, 11) is 1.33. The number of imidazole rings is 1. The Hall–Kier alpha value is -4.72. The van der Waals surface area contributed by atoms with Crippen molar-refractivity contribution in [2.45, 2.75) is 19.3 Å². The number of anilines is 1. The normalized spacial score (nSPS) is 11.4. The molecule has 5 rings (SSSR count). The van der Waals surface area contributed by atoms with Crippen LogP contribution in [0.25, 0.3) is 22.2 Å². The fourth-order valence-electron chi connectivity index (χ4n) is 4.20. The first-order chi connectivity index (χ1) is 19.0. The van der Waals surface area contributed by atoms with Gasteiger partial charge < -0.3 is 10.1 Å². The Morgan fingerprint density at radius 2 is 1.80 bits per heavy atom. The van der Waals surface area contributed by atoms with E-state index in [0.29, 0.717) is 5.82 Å². The molecular weight excluding hydrogens is 575 g/mol. The number of nitrogens with one attached hydrogen (secondary N) is 2. The molecule has 0 radical (unpaired) electrons. The molecule has 0 saturated heterocycles. The van der Waals surface area contributed by atoms with Gasteiger partial charge in [-0.2, -0.15) is 18.3 Å². The van der Waals surface area contributed by atoms with Crippen molar-refractivity contribution in [3.8, 4) is 16.9 Å². The first-order valence-corrected chi connectivity index (χ1v) is 11.6. The number of aryl methyl sites for hydroxylation is 1. The molecule has 214 valence electrons. The minimum absolute atomic E-state index is 0. The maximum absolute atomic E-state index is 14.9. The lowest BCUT2D eigenvalue weighted by Crippen LogP contribution is -2.28. The lowest BCUT2D eigenvalue weighted by molar-refractivity contribution is -0.137. The van der Waals surface area contributed by atoms with Crippen molar-refractivity contribution in [2.24, 2.45) is 7.05 Å². The lowest BCUT2D eigenvalue weighted by atomic mass is 10.00. The number of alkyl halides is 3. The van der Waals surface area contributed by atoms with Crippen molar-refractivity contribution < 1.29 is 31.5 Å². The third-order valence-corrected chi connectivity index (χ3v) is 6.06. The topological polar surface area (TPSA) is 107 Å². The molecule has 41 heavy (non-hydrogen) atoms. The fraction of sp³-hybridized carbons (Fsp3) is 0.154. The van der Waals surface area contributed by atoms with Crippen molar-refractivity contribution >= 4 is 35.0 Å². The van der Waals surface area contributed by atoms with Gasteiger partial charge in [0.05, 0.1) is 16.6 Å². The maximum Gasteiger partial charge on any atom is 0.416 e. The maximum atomic E-state index is 14.9. The fourth-order valence-corrected chi connectivity index (χ4v) is 4.20. The molecule has 0 spiro atoms. The smallest absolute Gasteiger partial charge is 0.416 e. The molecule has 0 aliphatic rings. The molecule has 2 heterocycles. The van der Waals surface area contributed by atoms with E-state index in [2.05, 4.69) is 20.5 Å². The number of amides is 1. The van der Waals surface area contributed by atoms with Gasteiger partial charge in [-0.05, 0) is 54.1 Å². The highest BCUT2D eigenvalue weighted by molar-refractivity contribution is 5.96. The number of carbonyl (C=O) groups excluding carboxylic acids is 1. The van der Waals surface area contributed by atoms with Crippen LogP contribution in [-0.4, -0.2) is 30.2 Å². The van der Waals surface area contributed by atoms with Crippen LogP contribution in [0.2, 0.25) is 0 Å². The largest absolute Gasteiger partial charge is 0.483 e. The second kappa shape index (κ2) is 11.4. The van der Waals surface area contributed by atoms with E-state index in [1.807, 2.05) is 0 Å². The van der Waals surface area contributed by atoms with Gasteiger partial charge in [0, 0.05) is 18.3 Å². The van der Waals surface area contributed by atoms with Gasteiger partial charge in [0.2, 0.25) is 5.91 Å². The van der Waals surface area contributed by atoms with E-state index in [1.54, 1.807) is 0 Å². The average Bonchev–Trinajstić information content (AvgIpc) is 3.51. The Bertz CT molecular complexity index is 1770. The quantitative estimate of drug-likeness (QED) is 0.256. The highest BCUT2D eigenvalue weighted by Crippen LogP contribution is 2.38. The van der Waals surface area contributed by atoms with Crippen molar-refractivity contribution in [1.82, 2.24) is 24.3 Å². The number of aromatic amines is 1. The molecule has 2 N–H and O–H groups in total. The Morgan fingerprint density at radius 3 is 2.44 bits per heavy atom. The van der Waals surface area contributed by atoms with E-state index in [1.165, 1.54) is 37.6 Å². The summed E-state index contributed by atoms with van der Waals surface area (Å²) in [4.78, 5) is 29.6. The highest BCUT2D eigenvalue weighted by Gasteiger charge is 2.33. The van der Waals surface area contributed by atoms with Gasteiger partial charge in [-0.15, -0.1) is 12.4 Å². The van der Waals surface area contributed by atoms with Crippen molar-refractivity contribution in [2.75, 3.05) is 5.32 Å². The van der Waals surface area contributed by atoms with E-state index < -0.39 is 41.5 Å². The van der Waals surface area contributed by atoms with Crippen molar-refractivity contribution in [3.63, 3.8) is 0 Å². The third kappa shape index (κ3) is 6.06. The minimum Gasteiger partial charge on any atom is -0.483 e. The van der Waals surface area contributed by atoms with Crippen LogP contribution < -0.4 is 15.7 Å². The number of carbonyl (C=O) groups is 1. The molecule has 0 unspecified atom stereocenters. The molecule has 2 aromatic heterocycles. The molecule has 3 aromatic carbocycles. The Kier molecular flexibility index (Phi) is 8.14. The van der Waals surface area contributed by atoms with E-state index in [0.717, 1.165) is 39.5 Å². The van der Waals surface area contributed by atoms with Crippen LogP contribution in [0.4, 0.5) is 27.6 Å². The molecule has 9 nitrogen and oxygen atoms in total. The van der Waals surface area contributed by atoms with Crippen LogP contribution in [0.1, 0.15) is 11.4 Å². The van der Waals surface area contributed by atoms with Crippen LogP contribution >= 0.6 is 12.4 Å². The zero-order valence-electron chi connectivity index (χ0n) is 21.0. The Labute approximate surface area is 234 Å². The molecule has 0 bridgehead atoms. The first kappa shape index (κ1) is 29.3. The number of hydrogen-bond acceptors (Lipinski definition) is 5. The van der Waals surface area contributed by atoms with E-state index in [-0.39, 0.29) is 52.6 Å². The summed E-state index contributed by atoms with van der Waals surface area (Å²) in [6.45, 7) is -0.752. The van der Waals surface area contributed by atoms with Gasteiger partial charge in [0.15, 0.2) is 17.4 Å². The van der Waals surface area contributed by atoms with Crippen LogP contribution in [0, 0.1) is 11.6 Å². The number of H-pyrrole nitrogens is 1.